The summed E-state index contributed by atoms with van der Waals surface area (Å²) in [5, 5.41) is 11.5. The number of nitrogens with zero attached hydrogens (tertiary/aromatic N) is 4. The van der Waals surface area contributed by atoms with Crippen LogP contribution < -0.4 is 5.32 Å². The molecule has 0 bridgehead atoms. The van der Waals surface area contributed by atoms with Gasteiger partial charge in [0.05, 0.1) is 18.3 Å². The van der Waals surface area contributed by atoms with Gasteiger partial charge in [0.1, 0.15) is 23.9 Å². The van der Waals surface area contributed by atoms with Crippen LogP contribution in [0.5, 0.6) is 0 Å². The number of aromatic nitrogens is 3. The maximum absolute atomic E-state index is 13.9. The van der Waals surface area contributed by atoms with Crippen molar-refractivity contribution in [3.05, 3.63) is 83.8 Å². The van der Waals surface area contributed by atoms with Crippen LogP contribution in [0.3, 0.4) is 0 Å². The second-order valence-corrected chi connectivity index (χ2v) is 9.32. The van der Waals surface area contributed by atoms with Gasteiger partial charge in [-0.05, 0) is 62.6 Å². The number of carbonyl (C=O) groups is 2. The van der Waals surface area contributed by atoms with Gasteiger partial charge in [-0.1, -0.05) is 48.5 Å². The van der Waals surface area contributed by atoms with Gasteiger partial charge >= 0.3 is 0 Å². The minimum atomic E-state index is -0.852. The van der Waals surface area contributed by atoms with Gasteiger partial charge < -0.3 is 14.6 Å². The van der Waals surface area contributed by atoms with Crippen LogP contribution in [-0.2, 0) is 22.7 Å². The number of furan rings is 1. The minimum absolute atomic E-state index is 0.0615. The van der Waals surface area contributed by atoms with Gasteiger partial charge in [0.25, 0.3) is 0 Å². The van der Waals surface area contributed by atoms with E-state index >= 15 is 0 Å². The molecule has 0 saturated carbocycles. The van der Waals surface area contributed by atoms with Crippen molar-refractivity contribution in [3.8, 4) is 0 Å². The van der Waals surface area contributed by atoms with E-state index < -0.39 is 11.6 Å². The number of carbonyl (C=O) groups excluding carboxylic acids is 2. The van der Waals surface area contributed by atoms with Crippen molar-refractivity contribution in [1.29, 1.82) is 0 Å². The third-order valence-electron chi connectivity index (χ3n) is 6.32. The maximum atomic E-state index is 13.9. The molecule has 0 aliphatic carbocycles. The Balaban J connectivity index is 1.76. The number of amides is 2. The maximum Gasteiger partial charge on any atom is 0.247 e. The fraction of sp³-hybridized carbons (Fsp3) is 0.333. The van der Waals surface area contributed by atoms with Gasteiger partial charge in [-0.15, -0.1) is 5.10 Å². The quantitative estimate of drug-likeness (QED) is 0.389. The van der Waals surface area contributed by atoms with E-state index in [9.17, 15) is 9.59 Å². The van der Waals surface area contributed by atoms with Crippen LogP contribution in [0.2, 0.25) is 0 Å². The van der Waals surface area contributed by atoms with E-state index in [2.05, 4.69) is 15.6 Å². The Labute approximate surface area is 204 Å². The molecule has 182 valence electrons. The predicted molar refractivity (Wildman–Crippen MR) is 133 cm³/mol. The minimum Gasteiger partial charge on any atom is -0.467 e. The average molecular weight is 474 g/mol. The molecule has 0 aliphatic rings. The fourth-order valence-corrected chi connectivity index (χ4v) is 3.98. The first-order valence-electron chi connectivity index (χ1n) is 11.8. The summed E-state index contributed by atoms with van der Waals surface area (Å²) < 4.78 is 7.14. The zero-order chi connectivity index (χ0) is 25.0. The second-order valence-electron chi connectivity index (χ2n) is 9.32. The van der Waals surface area contributed by atoms with Crippen LogP contribution in [0.4, 0.5) is 0 Å². The first-order valence-corrected chi connectivity index (χ1v) is 11.8. The predicted octanol–water partition coefficient (Wildman–Crippen LogP) is 4.41. The van der Waals surface area contributed by atoms with E-state index in [4.69, 9.17) is 4.42 Å². The second kappa shape index (κ2) is 10.1. The smallest absolute Gasteiger partial charge is 0.247 e. The van der Waals surface area contributed by atoms with Gasteiger partial charge in [-0.2, -0.15) is 0 Å². The summed E-state index contributed by atoms with van der Waals surface area (Å²) in [5.74, 6) is 0.0761. The molecule has 0 unspecified atom stereocenters. The highest BCUT2D eigenvalue weighted by atomic mass is 16.3. The first kappa shape index (κ1) is 24.2. The van der Waals surface area contributed by atoms with Crippen molar-refractivity contribution < 1.29 is 14.0 Å². The van der Waals surface area contributed by atoms with Crippen molar-refractivity contribution in [2.75, 3.05) is 0 Å². The Morgan fingerprint density at radius 1 is 1.09 bits per heavy atom. The largest absolute Gasteiger partial charge is 0.467 e. The molecule has 0 fully saturated rings. The third kappa shape index (κ3) is 5.42. The third-order valence-corrected chi connectivity index (χ3v) is 6.32. The van der Waals surface area contributed by atoms with Crippen molar-refractivity contribution >= 4 is 22.8 Å². The molecule has 4 aromatic rings. The molecule has 2 aromatic carbocycles. The highest BCUT2D eigenvalue weighted by Crippen LogP contribution is 2.28. The molecule has 0 saturated heterocycles. The number of nitrogens with one attached hydrogen (secondary N) is 1. The summed E-state index contributed by atoms with van der Waals surface area (Å²) >= 11 is 0. The average Bonchev–Trinajstić information content (AvgIpc) is 3.50. The lowest BCUT2D eigenvalue weighted by Crippen LogP contribution is -2.50. The number of hydrogen-bond donors (Lipinski definition) is 1. The molecule has 8 heteroatoms. The molecule has 0 radical (unpaired) electrons. The topological polar surface area (TPSA) is 93.3 Å². The Kier molecular flexibility index (Phi) is 7.00. The highest BCUT2D eigenvalue weighted by Gasteiger charge is 2.35. The normalized spacial score (nSPS) is 12.5. The zero-order valence-corrected chi connectivity index (χ0v) is 20.6. The lowest BCUT2D eigenvalue weighted by Gasteiger charge is -2.34. The van der Waals surface area contributed by atoms with Crippen LogP contribution in [0, 0.1) is 6.92 Å². The van der Waals surface area contributed by atoms with Crippen LogP contribution in [0.15, 0.2) is 71.3 Å². The molecule has 1 atom stereocenters. The summed E-state index contributed by atoms with van der Waals surface area (Å²) in [7, 11) is 0. The van der Waals surface area contributed by atoms with Gasteiger partial charge in [-0.3, -0.25) is 9.59 Å². The molecular formula is C27H31N5O3. The zero-order valence-electron chi connectivity index (χ0n) is 20.6. The van der Waals surface area contributed by atoms with E-state index in [0.29, 0.717) is 11.3 Å². The molecule has 35 heavy (non-hydrogen) atoms. The Morgan fingerprint density at radius 3 is 2.54 bits per heavy atom. The Bertz CT molecular complexity index is 1310. The number of aryl methyl sites for hydroxylation is 1. The van der Waals surface area contributed by atoms with E-state index in [1.807, 2.05) is 76.2 Å². The van der Waals surface area contributed by atoms with E-state index in [1.165, 1.54) is 0 Å². The van der Waals surface area contributed by atoms with Gasteiger partial charge in [0, 0.05) is 5.54 Å². The molecule has 4 rings (SSSR count). The summed E-state index contributed by atoms with van der Waals surface area (Å²) in [6.45, 7) is 7.98. The molecule has 2 amide bonds. The molecule has 2 aromatic heterocycles. The van der Waals surface area contributed by atoms with Gasteiger partial charge in [0.2, 0.25) is 11.8 Å². The number of hydrogen-bond acceptors (Lipinski definition) is 5. The van der Waals surface area contributed by atoms with E-state index in [1.54, 1.807) is 28.0 Å². The Morgan fingerprint density at radius 2 is 1.83 bits per heavy atom. The summed E-state index contributed by atoms with van der Waals surface area (Å²) in [5.41, 5.74) is 2.71. The van der Waals surface area contributed by atoms with Crippen LogP contribution in [-0.4, -0.2) is 37.2 Å². The standard InChI is InChI=1S/C27H31N5O3/c1-5-27(3,4)28-26(34)25(21-13-7-6-11-19(21)2)31(17-20-12-10-16-35-20)24(33)18-32-23-15-9-8-14-22(23)29-30-32/h6-16,25H,5,17-18H2,1-4H3,(H,28,34)/t25-/m0/s1. The van der Waals surface area contributed by atoms with Crippen LogP contribution >= 0.6 is 0 Å². The van der Waals surface area contributed by atoms with Crippen molar-refractivity contribution in [2.45, 2.75) is 58.8 Å². The lowest BCUT2D eigenvalue weighted by molar-refractivity contribution is -0.143. The monoisotopic (exact) mass is 473 g/mol. The molecule has 8 nitrogen and oxygen atoms in total. The van der Waals surface area contributed by atoms with E-state index in [-0.39, 0.29) is 24.9 Å². The van der Waals surface area contributed by atoms with Gasteiger partial charge in [-0.25, -0.2) is 4.68 Å². The summed E-state index contributed by atoms with van der Waals surface area (Å²) in [4.78, 5) is 29.2. The molecule has 0 spiro atoms. The number of rotatable bonds is 9. The number of benzene rings is 2. The van der Waals surface area contributed by atoms with E-state index in [0.717, 1.165) is 23.1 Å². The van der Waals surface area contributed by atoms with Crippen molar-refractivity contribution in [2.24, 2.45) is 0 Å². The molecule has 2 heterocycles. The van der Waals surface area contributed by atoms with Gasteiger partial charge in [0.15, 0.2) is 0 Å². The van der Waals surface area contributed by atoms with Crippen LogP contribution in [0.25, 0.3) is 11.0 Å². The SMILES string of the molecule is CCC(C)(C)NC(=O)[C@H](c1ccccc1C)N(Cc1ccco1)C(=O)Cn1nnc2ccccc21. The summed E-state index contributed by atoms with van der Waals surface area (Å²) in [6.07, 6.45) is 2.31. The highest BCUT2D eigenvalue weighted by molar-refractivity contribution is 5.90. The van der Waals surface area contributed by atoms with Crippen molar-refractivity contribution in [1.82, 2.24) is 25.2 Å². The fourth-order valence-electron chi connectivity index (χ4n) is 3.98. The number of para-hydroxylation sites is 1. The summed E-state index contributed by atoms with van der Waals surface area (Å²) in [6, 6.07) is 17.8. The first-order chi connectivity index (χ1) is 16.8. The van der Waals surface area contributed by atoms with Crippen LogP contribution in [0.1, 0.15) is 50.1 Å². The number of fused-ring (bicyclic) bond motifs is 1. The Hall–Kier alpha value is -3.94. The molecule has 0 aliphatic heterocycles. The van der Waals surface area contributed by atoms with Crippen molar-refractivity contribution in [3.63, 3.8) is 0 Å². The molecule has 1 N–H and O–H groups in total. The lowest BCUT2D eigenvalue weighted by atomic mass is 9.96. The molecular weight excluding hydrogens is 442 g/mol.